The smallest absolute Gasteiger partial charge is 0.241 e. The summed E-state index contributed by atoms with van der Waals surface area (Å²) < 4.78 is 0. The molecule has 19 heavy (non-hydrogen) atoms. The molecule has 1 aromatic rings. The summed E-state index contributed by atoms with van der Waals surface area (Å²) in [6.07, 6.45) is 3.26. The van der Waals surface area contributed by atoms with Crippen molar-refractivity contribution in [3.63, 3.8) is 0 Å². The standard InChI is InChI=1S/C15H21N3O/c16-10-13-5-3-8-17(13)11-15(19)18-9-7-12-4-1-2-6-14(12)18/h1-2,4,6,13H,3,5,7-11,16H2. The number of fused-ring (bicyclic) bond motifs is 1. The Kier molecular flexibility index (Phi) is 3.53. The molecule has 2 N–H and O–H groups in total. The van der Waals surface area contributed by atoms with E-state index in [4.69, 9.17) is 5.73 Å². The Labute approximate surface area is 114 Å². The molecule has 1 amide bonds. The molecule has 4 nitrogen and oxygen atoms in total. The molecule has 1 aromatic carbocycles. The Hall–Kier alpha value is -1.39. The molecule has 1 atom stereocenters. The van der Waals surface area contributed by atoms with Gasteiger partial charge in [-0.05, 0) is 37.4 Å². The van der Waals surface area contributed by atoms with Crippen molar-refractivity contribution < 1.29 is 4.79 Å². The topological polar surface area (TPSA) is 49.6 Å². The molecule has 4 heteroatoms. The van der Waals surface area contributed by atoms with Crippen LogP contribution in [0.4, 0.5) is 5.69 Å². The summed E-state index contributed by atoms with van der Waals surface area (Å²) in [4.78, 5) is 16.6. The molecule has 0 spiro atoms. The van der Waals surface area contributed by atoms with Gasteiger partial charge >= 0.3 is 0 Å². The van der Waals surface area contributed by atoms with Crippen molar-refractivity contribution in [2.45, 2.75) is 25.3 Å². The van der Waals surface area contributed by atoms with E-state index in [1.807, 2.05) is 23.1 Å². The summed E-state index contributed by atoms with van der Waals surface area (Å²) >= 11 is 0. The molecule has 2 aliphatic heterocycles. The van der Waals surface area contributed by atoms with Gasteiger partial charge in [0.25, 0.3) is 0 Å². The van der Waals surface area contributed by atoms with Crippen LogP contribution in [0.3, 0.4) is 0 Å². The first kappa shape index (κ1) is 12.6. The Morgan fingerprint density at radius 3 is 3.00 bits per heavy atom. The number of benzene rings is 1. The molecule has 0 aromatic heterocycles. The second-order valence-electron chi connectivity index (χ2n) is 5.43. The highest BCUT2D eigenvalue weighted by Gasteiger charge is 2.29. The van der Waals surface area contributed by atoms with Crippen LogP contribution in [0.25, 0.3) is 0 Å². The molecule has 0 radical (unpaired) electrons. The van der Waals surface area contributed by atoms with E-state index in [2.05, 4.69) is 11.0 Å². The summed E-state index contributed by atoms with van der Waals surface area (Å²) in [6.45, 7) is 2.99. The fourth-order valence-electron chi connectivity index (χ4n) is 3.23. The van der Waals surface area contributed by atoms with E-state index in [0.29, 0.717) is 19.1 Å². The first-order valence-corrected chi connectivity index (χ1v) is 7.12. The first-order chi connectivity index (χ1) is 9.29. The van der Waals surface area contributed by atoms with Crippen molar-refractivity contribution in [2.24, 2.45) is 5.73 Å². The number of nitrogens with two attached hydrogens (primary N) is 1. The Balaban J connectivity index is 1.69. The molecular weight excluding hydrogens is 238 g/mol. The van der Waals surface area contributed by atoms with E-state index >= 15 is 0 Å². The minimum absolute atomic E-state index is 0.213. The largest absolute Gasteiger partial charge is 0.329 e. The van der Waals surface area contributed by atoms with E-state index < -0.39 is 0 Å². The zero-order chi connectivity index (χ0) is 13.2. The van der Waals surface area contributed by atoms with Crippen molar-refractivity contribution in [3.05, 3.63) is 29.8 Å². The number of nitrogens with zero attached hydrogens (tertiary/aromatic N) is 2. The molecule has 3 rings (SSSR count). The third-order valence-electron chi connectivity index (χ3n) is 4.30. The van der Waals surface area contributed by atoms with Crippen LogP contribution in [0.15, 0.2) is 24.3 Å². The molecule has 1 unspecified atom stereocenters. The van der Waals surface area contributed by atoms with Crippen LogP contribution >= 0.6 is 0 Å². The number of para-hydroxylation sites is 1. The van der Waals surface area contributed by atoms with Crippen molar-refractivity contribution in [2.75, 3.05) is 31.1 Å². The number of hydrogen-bond donors (Lipinski definition) is 1. The lowest BCUT2D eigenvalue weighted by Crippen LogP contribution is -2.44. The lowest BCUT2D eigenvalue weighted by Gasteiger charge is -2.25. The maximum Gasteiger partial charge on any atom is 0.241 e. The van der Waals surface area contributed by atoms with Crippen LogP contribution in [0, 0.1) is 0 Å². The van der Waals surface area contributed by atoms with E-state index in [9.17, 15) is 4.79 Å². The Morgan fingerprint density at radius 1 is 1.32 bits per heavy atom. The van der Waals surface area contributed by atoms with Gasteiger partial charge in [-0.3, -0.25) is 9.69 Å². The van der Waals surface area contributed by atoms with Gasteiger partial charge in [0, 0.05) is 24.8 Å². The van der Waals surface area contributed by atoms with E-state index in [0.717, 1.165) is 38.0 Å². The van der Waals surface area contributed by atoms with Gasteiger partial charge in [0.15, 0.2) is 0 Å². The minimum Gasteiger partial charge on any atom is -0.329 e. The lowest BCUT2D eigenvalue weighted by atomic mass is 10.2. The molecular formula is C15H21N3O. The highest BCUT2D eigenvalue weighted by molar-refractivity contribution is 5.96. The fourth-order valence-corrected chi connectivity index (χ4v) is 3.23. The zero-order valence-corrected chi connectivity index (χ0v) is 11.2. The van der Waals surface area contributed by atoms with Crippen LogP contribution in [0.5, 0.6) is 0 Å². The number of carbonyl (C=O) groups is 1. The van der Waals surface area contributed by atoms with Crippen LogP contribution in [-0.4, -0.2) is 43.0 Å². The molecule has 2 aliphatic rings. The third kappa shape index (κ3) is 2.38. The molecule has 1 fully saturated rings. The summed E-state index contributed by atoms with van der Waals surface area (Å²) in [5.41, 5.74) is 8.14. The predicted octanol–water partition coefficient (Wildman–Crippen LogP) is 0.999. The maximum absolute atomic E-state index is 12.5. The van der Waals surface area contributed by atoms with Gasteiger partial charge in [0.2, 0.25) is 5.91 Å². The average molecular weight is 259 g/mol. The highest BCUT2D eigenvalue weighted by Crippen LogP contribution is 2.28. The Bertz CT molecular complexity index is 474. The maximum atomic E-state index is 12.5. The number of hydrogen-bond acceptors (Lipinski definition) is 3. The van der Waals surface area contributed by atoms with Gasteiger partial charge < -0.3 is 10.6 Å². The fraction of sp³-hybridized carbons (Fsp3) is 0.533. The summed E-state index contributed by atoms with van der Waals surface area (Å²) in [7, 11) is 0. The normalized spacial score (nSPS) is 22.8. The van der Waals surface area contributed by atoms with Gasteiger partial charge in [-0.25, -0.2) is 0 Å². The molecule has 1 saturated heterocycles. The van der Waals surface area contributed by atoms with Crippen LogP contribution in [0.1, 0.15) is 18.4 Å². The van der Waals surface area contributed by atoms with E-state index in [1.54, 1.807) is 0 Å². The van der Waals surface area contributed by atoms with Crippen molar-refractivity contribution in [3.8, 4) is 0 Å². The number of likely N-dealkylation sites (tertiary alicyclic amines) is 1. The van der Waals surface area contributed by atoms with Gasteiger partial charge in [-0.1, -0.05) is 18.2 Å². The first-order valence-electron chi connectivity index (χ1n) is 7.12. The predicted molar refractivity (Wildman–Crippen MR) is 76.1 cm³/mol. The monoisotopic (exact) mass is 259 g/mol. The number of amides is 1. The second-order valence-corrected chi connectivity index (χ2v) is 5.43. The number of rotatable bonds is 3. The van der Waals surface area contributed by atoms with E-state index in [-0.39, 0.29) is 5.91 Å². The van der Waals surface area contributed by atoms with Gasteiger partial charge in [-0.15, -0.1) is 0 Å². The van der Waals surface area contributed by atoms with Gasteiger partial charge in [-0.2, -0.15) is 0 Å². The summed E-state index contributed by atoms with van der Waals surface area (Å²) in [5, 5.41) is 0. The summed E-state index contributed by atoms with van der Waals surface area (Å²) in [6, 6.07) is 8.59. The average Bonchev–Trinajstić information content (AvgIpc) is 3.04. The lowest BCUT2D eigenvalue weighted by molar-refractivity contribution is -0.119. The second kappa shape index (κ2) is 5.31. The van der Waals surface area contributed by atoms with Crippen LogP contribution < -0.4 is 10.6 Å². The molecule has 0 bridgehead atoms. The highest BCUT2D eigenvalue weighted by atomic mass is 16.2. The van der Waals surface area contributed by atoms with Crippen LogP contribution in [-0.2, 0) is 11.2 Å². The SMILES string of the molecule is NCC1CCCN1CC(=O)N1CCc2ccccc21. The van der Waals surface area contributed by atoms with E-state index in [1.165, 1.54) is 5.56 Å². The third-order valence-corrected chi connectivity index (χ3v) is 4.30. The number of carbonyl (C=O) groups excluding carboxylic acids is 1. The summed E-state index contributed by atoms with van der Waals surface area (Å²) in [5.74, 6) is 0.213. The zero-order valence-electron chi connectivity index (χ0n) is 11.2. The van der Waals surface area contributed by atoms with Gasteiger partial charge in [0.05, 0.1) is 6.54 Å². The quantitative estimate of drug-likeness (QED) is 0.881. The molecule has 2 heterocycles. The van der Waals surface area contributed by atoms with Crippen molar-refractivity contribution in [1.29, 1.82) is 0 Å². The Morgan fingerprint density at radius 2 is 2.16 bits per heavy atom. The minimum atomic E-state index is 0.213. The van der Waals surface area contributed by atoms with Crippen molar-refractivity contribution >= 4 is 11.6 Å². The number of anilines is 1. The van der Waals surface area contributed by atoms with Crippen LogP contribution in [0.2, 0.25) is 0 Å². The van der Waals surface area contributed by atoms with Gasteiger partial charge in [0.1, 0.15) is 0 Å². The van der Waals surface area contributed by atoms with Crippen molar-refractivity contribution in [1.82, 2.24) is 4.90 Å². The molecule has 0 aliphatic carbocycles. The molecule has 102 valence electrons. The molecule has 0 saturated carbocycles.